The van der Waals surface area contributed by atoms with Gasteiger partial charge in [-0.2, -0.15) is 0 Å². The summed E-state index contributed by atoms with van der Waals surface area (Å²) in [5.74, 6) is 4.04. The highest BCUT2D eigenvalue weighted by molar-refractivity contribution is 5.31. The van der Waals surface area contributed by atoms with Crippen LogP contribution in [0.2, 0.25) is 0 Å². The predicted molar refractivity (Wildman–Crippen MR) is 91.3 cm³/mol. The summed E-state index contributed by atoms with van der Waals surface area (Å²) >= 11 is 0. The summed E-state index contributed by atoms with van der Waals surface area (Å²) in [4.78, 5) is 0. The number of hydrogen-bond donors (Lipinski definition) is 1. The third kappa shape index (κ3) is 1.94. The number of hydrogen-bond acceptors (Lipinski definition) is 1. The van der Waals surface area contributed by atoms with Gasteiger partial charge in [0.15, 0.2) is 0 Å². The predicted octanol–water partition coefficient (Wildman–Crippen LogP) is 4.89. The van der Waals surface area contributed by atoms with Crippen molar-refractivity contribution >= 4 is 0 Å². The zero-order chi connectivity index (χ0) is 15.5. The molecule has 22 heavy (non-hydrogen) atoms. The standard InChI is InChI=1S/C21H30O/c1-4-14-5-7-18-17-8-6-15-12-16(22)9-10-21(15,3)19(17)11-13(2)20(14)18/h4-6,13,16-20,22H,1,7-12H2,2-3H3/t13-,16+,17?,18?,19?,20?,21+/m1/s1. The lowest BCUT2D eigenvalue weighted by Gasteiger charge is -2.56. The van der Waals surface area contributed by atoms with Gasteiger partial charge in [-0.05, 0) is 79.1 Å². The molecule has 4 aliphatic rings. The number of aliphatic hydroxyl groups is 1. The van der Waals surface area contributed by atoms with Gasteiger partial charge in [0.2, 0.25) is 0 Å². The Morgan fingerprint density at radius 2 is 2.05 bits per heavy atom. The Balaban J connectivity index is 1.68. The highest BCUT2D eigenvalue weighted by Gasteiger charge is 2.54. The van der Waals surface area contributed by atoms with E-state index in [4.69, 9.17) is 0 Å². The summed E-state index contributed by atoms with van der Waals surface area (Å²) in [5.41, 5.74) is 3.46. The van der Waals surface area contributed by atoms with Crippen molar-refractivity contribution in [3.05, 3.63) is 36.0 Å². The Morgan fingerprint density at radius 3 is 2.82 bits per heavy atom. The van der Waals surface area contributed by atoms with Gasteiger partial charge in [-0.15, -0.1) is 0 Å². The van der Waals surface area contributed by atoms with Gasteiger partial charge in [-0.25, -0.2) is 0 Å². The van der Waals surface area contributed by atoms with Gasteiger partial charge >= 0.3 is 0 Å². The lowest BCUT2D eigenvalue weighted by molar-refractivity contribution is -0.0227. The molecule has 0 aromatic rings. The van der Waals surface area contributed by atoms with Crippen LogP contribution in [-0.4, -0.2) is 11.2 Å². The number of rotatable bonds is 1. The topological polar surface area (TPSA) is 20.2 Å². The third-order valence-electron chi connectivity index (χ3n) is 7.65. The van der Waals surface area contributed by atoms with E-state index < -0.39 is 0 Å². The lowest BCUT2D eigenvalue weighted by atomic mass is 9.48. The molecule has 1 nitrogen and oxygen atoms in total. The molecule has 0 heterocycles. The van der Waals surface area contributed by atoms with Crippen molar-refractivity contribution in [2.75, 3.05) is 0 Å². The summed E-state index contributed by atoms with van der Waals surface area (Å²) in [7, 11) is 0. The third-order valence-corrected chi connectivity index (χ3v) is 7.65. The van der Waals surface area contributed by atoms with Crippen molar-refractivity contribution in [3.8, 4) is 0 Å². The fourth-order valence-electron chi connectivity index (χ4n) is 6.54. The average molecular weight is 298 g/mol. The normalized spacial score (nSPS) is 50.3. The molecule has 0 aromatic heterocycles. The smallest absolute Gasteiger partial charge is 0.0577 e. The van der Waals surface area contributed by atoms with Crippen LogP contribution in [0.1, 0.15) is 52.4 Å². The van der Waals surface area contributed by atoms with Crippen LogP contribution in [0.3, 0.4) is 0 Å². The van der Waals surface area contributed by atoms with Gasteiger partial charge in [-0.3, -0.25) is 0 Å². The second-order valence-corrected chi connectivity index (χ2v) is 8.60. The first-order chi connectivity index (χ1) is 10.5. The first-order valence-electron chi connectivity index (χ1n) is 9.24. The Morgan fingerprint density at radius 1 is 1.27 bits per heavy atom. The maximum Gasteiger partial charge on any atom is 0.0577 e. The van der Waals surface area contributed by atoms with Crippen molar-refractivity contribution in [1.82, 2.24) is 0 Å². The Hall–Kier alpha value is -0.820. The van der Waals surface area contributed by atoms with E-state index in [-0.39, 0.29) is 6.10 Å². The van der Waals surface area contributed by atoms with E-state index in [0.29, 0.717) is 5.41 Å². The molecular formula is C21H30O. The first-order valence-corrected chi connectivity index (χ1v) is 9.24. The minimum absolute atomic E-state index is 0.0925. The van der Waals surface area contributed by atoms with Crippen molar-refractivity contribution in [2.24, 2.45) is 35.0 Å². The van der Waals surface area contributed by atoms with Crippen LogP contribution in [0.4, 0.5) is 0 Å². The van der Waals surface area contributed by atoms with Gasteiger partial charge in [0.25, 0.3) is 0 Å². The molecular weight excluding hydrogens is 268 g/mol. The summed E-state index contributed by atoms with van der Waals surface area (Å²) in [6, 6.07) is 0. The minimum atomic E-state index is -0.0925. The maximum atomic E-state index is 10.1. The number of aliphatic hydroxyl groups excluding tert-OH is 1. The van der Waals surface area contributed by atoms with E-state index in [1.165, 1.54) is 31.3 Å². The summed E-state index contributed by atoms with van der Waals surface area (Å²) in [6.07, 6.45) is 14.0. The molecule has 2 fully saturated rings. The second-order valence-electron chi connectivity index (χ2n) is 8.60. The molecule has 0 bridgehead atoms. The molecule has 0 spiro atoms. The van der Waals surface area contributed by atoms with Crippen LogP contribution in [0.15, 0.2) is 36.0 Å². The molecule has 4 aliphatic carbocycles. The quantitative estimate of drug-likeness (QED) is 0.683. The molecule has 4 unspecified atom stereocenters. The molecule has 0 aromatic carbocycles. The average Bonchev–Trinajstić information content (AvgIpc) is 2.94. The van der Waals surface area contributed by atoms with Gasteiger partial charge in [-0.1, -0.05) is 44.2 Å². The molecule has 0 saturated heterocycles. The highest BCUT2D eigenvalue weighted by atomic mass is 16.3. The molecule has 0 radical (unpaired) electrons. The summed E-state index contributed by atoms with van der Waals surface area (Å²) in [6.45, 7) is 9.02. The molecule has 0 amide bonds. The van der Waals surface area contributed by atoms with E-state index in [2.05, 4.69) is 38.7 Å². The van der Waals surface area contributed by atoms with Gasteiger partial charge in [0.1, 0.15) is 0 Å². The largest absolute Gasteiger partial charge is 0.393 e. The minimum Gasteiger partial charge on any atom is -0.393 e. The van der Waals surface area contributed by atoms with Crippen LogP contribution >= 0.6 is 0 Å². The molecule has 7 atom stereocenters. The van der Waals surface area contributed by atoms with E-state index in [1.54, 1.807) is 5.57 Å². The van der Waals surface area contributed by atoms with Crippen molar-refractivity contribution in [2.45, 2.75) is 58.5 Å². The maximum absolute atomic E-state index is 10.1. The Bertz CT molecular complexity index is 542. The Kier molecular flexibility index (Phi) is 3.41. The Labute approximate surface area is 135 Å². The van der Waals surface area contributed by atoms with Gasteiger partial charge in [0, 0.05) is 0 Å². The van der Waals surface area contributed by atoms with Gasteiger partial charge < -0.3 is 5.11 Å². The molecule has 1 heteroatoms. The highest BCUT2D eigenvalue weighted by Crippen LogP contribution is 2.62. The molecule has 4 rings (SSSR count). The van der Waals surface area contributed by atoms with Crippen LogP contribution in [0, 0.1) is 35.0 Å². The summed E-state index contributed by atoms with van der Waals surface area (Å²) in [5, 5.41) is 10.1. The molecule has 120 valence electrons. The van der Waals surface area contributed by atoms with Crippen LogP contribution in [0.5, 0.6) is 0 Å². The lowest BCUT2D eigenvalue weighted by Crippen LogP contribution is -2.49. The van der Waals surface area contributed by atoms with Gasteiger partial charge in [0.05, 0.1) is 6.10 Å². The van der Waals surface area contributed by atoms with E-state index >= 15 is 0 Å². The zero-order valence-corrected chi connectivity index (χ0v) is 14.1. The zero-order valence-electron chi connectivity index (χ0n) is 14.1. The fraction of sp³-hybridized carbons (Fsp3) is 0.714. The fourth-order valence-corrected chi connectivity index (χ4v) is 6.54. The first kappa shape index (κ1) is 14.8. The molecule has 1 N–H and O–H groups in total. The van der Waals surface area contributed by atoms with E-state index in [1.807, 2.05) is 0 Å². The second kappa shape index (κ2) is 5.09. The SMILES string of the molecule is C=CC1=CCC2C3CC=C4C[C@@H](O)CC[C@]4(C)C3C[C@@H](C)C12. The van der Waals surface area contributed by atoms with Crippen molar-refractivity contribution < 1.29 is 5.11 Å². The number of allylic oxidation sites excluding steroid dienone is 4. The van der Waals surface area contributed by atoms with Crippen LogP contribution < -0.4 is 0 Å². The van der Waals surface area contributed by atoms with E-state index in [0.717, 1.165) is 42.4 Å². The van der Waals surface area contributed by atoms with Crippen molar-refractivity contribution in [3.63, 3.8) is 0 Å². The number of fused-ring (bicyclic) bond motifs is 5. The van der Waals surface area contributed by atoms with Crippen LogP contribution in [0.25, 0.3) is 0 Å². The summed E-state index contributed by atoms with van der Waals surface area (Å²) < 4.78 is 0. The van der Waals surface area contributed by atoms with Crippen molar-refractivity contribution in [1.29, 1.82) is 0 Å². The monoisotopic (exact) mass is 298 g/mol. The molecule has 0 aliphatic heterocycles. The van der Waals surface area contributed by atoms with E-state index in [9.17, 15) is 5.11 Å². The molecule has 2 saturated carbocycles. The van der Waals surface area contributed by atoms with Crippen LogP contribution in [-0.2, 0) is 0 Å².